The molecule has 0 spiro atoms. The van der Waals surface area contributed by atoms with Gasteiger partial charge >= 0.3 is 6.03 Å². The van der Waals surface area contributed by atoms with Crippen LogP contribution in [0.25, 0.3) is 0 Å². The van der Waals surface area contributed by atoms with Crippen molar-refractivity contribution in [3.63, 3.8) is 0 Å². The van der Waals surface area contributed by atoms with Crippen LogP contribution in [0.2, 0.25) is 0 Å². The normalized spacial score (nSPS) is 14.8. The molecular formula is C17H22N6O3. The summed E-state index contributed by atoms with van der Waals surface area (Å²) in [5.41, 5.74) is 6.69. The number of urea groups is 1. The van der Waals surface area contributed by atoms with E-state index in [1.807, 2.05) is 4.68 Å². The van der Waals surface area contributed by atoms with Crippen LogP contribution >= 0.6 is 0 Å². The molecule has 1 aromatic heterocycles. The monoisotopic (exact) mass is 358 g/mol. The first-order valence-corrected chi connectivity index (χ1v) is 8.40. The molecule has 3 rings (SSSR count). The quantitative estimate of drug-likeness (QED) is 0.711. The van der Waals surface area contributed by atoms with Gasteiger partial charge in [-0.15, -0.1) is 0 Å². The van der Waals surface area contributed by atoms with Crippen LogP contribution < -0.4 is 16.4 Å². The number of morpholine rings is 1. The zero-order chi connectivity index (χ0) is 18.4. The van der Waals surface area contributed by atoms with Gasteiger partial charge in [-0.25, -0.2) is 4.79 Å². The summed E-state index contributed by atoms with van der Waals surface area (Å²) < 4.78 is 7.14. The van der Waals surface area contributed by atoms with Crippen LogP contribution in [0.1, 0.15) is 10.4 Å². The molecule has 0 unspecified atom stereocenters. The largest absolute Gasteiger partial charge is 0.379 e. The smallest absolute Gasteiger partial charge is 0.316 e. The molecule has 0 bridgehead atoms. The highest BCUT2D eigenvalue weighted by atomic mass is 16.5. The van der Waals surface area contributed by atoms with Crippen LogP contribution in [0.4, 0.5) is 16.2 Å². The molecule has 0 aliphatic carbocycles. The van der Waals surface area contributed by atoms with Gasteiger partial charge < -0.3 is 21.1 Å². The third-order valence-corrected chi connectivity index (χ3v) is 4.05. The van der Waals surface area contributed by atoms with Crippen LogP contribution in [0, 0.1) is 0 Å². The minimum absolute atomic E-state index is 0.247. The molecule has 2 heterocycles. The van der Waals surface area contributed by atoms with E-state index in [-0.39, 0.29) is 5.91 Å². The van der Waals surface area contributed by atoms with Crippen molar-refractivity contribution >= 4 is 23.3 Å². The summed E-state index contributed by atoms with van der Waals surface area (Å²) in [6, 6.07) is 5.82. The SMILES string of the molecule is NC(=O)Nc1ccc(C(=O)Nc2cnn(CCN3CCOCC3)c2)cc1. The molecule has 26 heavy (non-hydrogen) atoms. The number of carbonyl (C=O) groups is 2. The minimum atomic E-state index is -0.647. The minimum Gasteiger partial charge on any atom is -0.379 e. The summed E-state index contributed by atoms with van der Waals surface area (Å²) >= 11 is 0. The highest BCUT2D eigenvalue weighted by molar-refractivity contribution is 6.04. The summed E-state index contributed by atoms with van der Waals surface area (Å²) in [6.07, 6.45) is 3.43. The molecule has 0 atom stereocenters. The Bertz CT molecular complexity index is 752. The number of nitrogens with zero attached hydrogens (tertiary/aromatic N) is 3. The van der Waals surface area contributed by atoms with Crippen LogP contribution in [0.5, 0.6) is 0 Å². The second-order valence-corrected chi connectivity index (χ2v) is 5.97. The Hall–Kier alpha value is -2.91. The van der Waals surface area contributed by atoms with Crippen LogP contribution in [0.3, 0.4) is 0 Å². The molecule has 0 radical (unpaired) electrons. The Morgan fingerprint density at radius 3 is 2.50 bits per heavy atom. The molecule has 9 heteroatoms. The summed E-state index contributed by atoms with van der Waals surface area (Å²) in [6.45, 7) is 5.06. The first-order valence-electron chi connectivity index (χ1n) is 8.40. The molecule has 0 saturated carbocycles. The van der Waals surface area contributed by atoms with Crippen molar-refractivity contribution < 1.29 is 14.3 Å². The average Bonchev–Trinajstić information content (AvgIpc) is 3.08. The first kappa shape index (κ1) is 17.9. The Morgan fingerprint density at radius 1 is 1.08 bits per heavy atom. The number of primary amides is 1. The second kappa shape index (κ2) is 8.45. The lowest BCUT2D eigenvalue weighted by molar-refractivity contribution is 0.0360. The topological polar surface area (TPSA) is 115 Å². The number of hydrogen-bond acceptors (Lipinski definition) is 5. The number of amides is 3. The molecule has 2 aromatic rings. The number of anilines is 2. The lowest BCUT2D eigenvalue weighted by Crippen LogP contribution is -2.38. The van der Waals surface area contributed by atoms with Crippen molar-refractivity contribution in [3.05, 3.63) is 42.2 Å². The van der Waals surface area contributed by atoms with Crippen molar-refractivity contribution in [1.29, 1.82) is 0 Å². The van der Waals surface area contributed by atoms with Crippen molar-refractivity contribution in [1.82, 2.24) is 14.7 Å². The van der Waals surface area contributed by atoms with Gasteiger partial charge in [0.05, 0.1) is 31.6 Å². The predicted octanol–water partition coefficient (Wildman–Crippen LogP) is 0.958. The Labute approximate surface area is 151 Å². The van der Waals surface area contributed by atoms with E-state index in [0.29, 0.717) is 16.9 Å². The lowest BCUT2D eigenvalue weighted by Gasteiger charge is -2.26. The van der Waals surface area contributed by atoms with Gasteiger partial charge in [-0.1, -0.05) is 0 Å². The van der Waals surface area contributed by atoms with E-state index in [1.165, 1.54) is 0 Å². The summed E-state index contributed by atoms with van der Waals surface area (Å²) in [4.78, 5) is 25.4. The molecule has 9 nitrogen and oxygen atoms in total. The van der Waals surface area contributed by atoms with Gasteiger partial charge in [0.15, 0.2) is 0 Å². The van der Waals surface area contributed by atoms with E-state index in [1.54, 1.807) is 36.7 Å². The van der Waals surface area contributed by atoms with Crippen molar-refractivity contribution in [2.75, 3.05) is 43.5 Å². The summed E-state index contributed by atoms with van der Waals surface area (Å²) in [5.74, 6) is -0.247. The molecule has 1 aliphatic rings. The lowest BCUT2D eigenvalue weighted by atomic mass is 10.2. The van der Waals surface area contributed by atoms with E-state index in [0.717, 1.165) is 39.4 Å². The van der Waals surface area contributed by atoms with Gasteiger partial charge in [-0.3, -0.25) is 14.4 Å². The van der Waals surface area contributed by atoms with Gasteiger partial charge in [0, 0.05) is 37.1 Å². The maximum absolute atomic E-state index is 12.3. The summed E-state index contributed by atoms with van der Waals surface area (Å²) in [5, 5.41) is 9.53. The maximum Gasteiger partial charge on any atom is 0.316 e. The fourth-order valence-electron chi connectivity index (χ4n) is 2.67. The molecule has 4 N–H and O–H groups in total. The van der Waals surface area contributed by atoms with Gasteiger partial charge in [0.1, 0.15) is 0 Å². The van der Waals surface area contributed by atoms with Gasteiger partial charge in [-0.05, 0) is 24.3 Å². The standard InChI is InChI=1S/C17H22N6O3/c18-17(25)21-14-3-1-13(2-4-14)16(24)20-15-11-19-23(12-15)6-5-22-7-9-26-10-8-22/h1-4,11-12H,5-10H2,(H,20,24)(H3,18,21,25). The predicted molar refractivity (Wildman–Crippen MR) is 97.1 cm³/mol. The molecule has 1 saturated heterocycles. The Balaban J connectivity index is 1.51. The zero-order valence-corrected chi connectivity index (χ0v) is 14.4. The van der Waals surface area contributed by atoms with Crippen LogP contribution in [-0.4, -0.2) is 59.5 Å². The van der Waals surface area contributed by atoms with Crippen molar-refractivity contribution in [2.24, 2.45) is 5.73 Å². The average molecular weight is 358 g/mol. The molecule has 138 valence electrons. The second-order valence-electron chi connectivity index (χ2n) is 5.97. The molecular weight excluding hydrogens is 336 g/mol. The van der Waals surface area contributed by atoms with E-state index in [2.05, 4.69) is 20.6 Å². The first-order chi connectivity index (χ1) is 12.6. The fraction of sp³-hybridized carbons (Fsp3) is 0.353. The molecule has 1 fully saturated rings. The van der Waals surface area contributed by atoms with Gasteiger partial charge in [-0.2, -0.15) is 5.10 Å². The number of rotatable bonds is 6. The zero-order valence-electron chi connectivity index (χ0n) is 14.4. The van der Waals surface area contributed by atoms with Crippen LogP contribution in [0.15, 0.2) is 36.7 Å². The molecule has 1 aliphatic heterocycles. The number of benzene rings is 1. The molecule has 1 aromatic carbocycles. The number of nitrogens with one attached hydrogen (secondary N) is 2. The van der Waals surface area contributed by atoms with E-state index in [4.69, 9.17) is 10.5 Å². The van der Waals surface area contributed by atoms with Crippen molar-refractivity contribution in [2.45, 2.75) is 6.54 Å². The van der Waals surface area contributed by atoms with Crippen molar-refractivity contribution in [3.8, 4) is 0 Å². The Morgan fingerprint density at radius 2 is 1.81 bits per heavy atom. The van der Waals surface area contributed by atoms with Gasteiger partial charge in [0.25, 0.3) is 5.91 Å². The number of hydrogen-bond donors (Lipinski definition) is 3. The highest BCUT2D eigenvalue weighted by Gasteiger charge is 2.11. The number of nitrogens with two attached hydrogens (primary N) is 1. The number of aromatic nitrogens is 2. The third kappa shape index (κ3) is 5.04. The van der Waals surface area contributed by atoms with E-state index < -0.39 is 6.03 Å². The van der Waals surface area contributed by atoms with Gasteiger partial charge in [0.2, 0.25) is 0 Å². The van der Waals surface area contributed by atoms with E-state index in [9.17, 15) is 9.59 Å². The molecule has 3 amide bonds. The third-order valence-electron chi connectivity index (χ3n) is 4.05. The van der Waals surface area contributed by atoms with Crippen LogP contribution in [-0.2, 0) is 11.3 Å². The highest BCUT2D eigenvalue weighted by Crippen LogP contribution is 2.12. The fourth-order valence-corrected chi connectivity index (χ4v) is 2.67. The van der Waals surface area contributed by atoms with E-state index >= 15 is 0 Å². The maximum atomic E-state index is 12.3. The number of ether oxygens (including phenoxy) is 1. The Kier molecular flexibility index (Phi) is 5.82. The summed E-state index contributed by atoms with van der Waals surface area (Å²) in [7, 11) is 0. The number of carbonyl (C=O) groups excluding carboxylic acids is 2.